The Morgan fingerprint density at radius 1 is 1.27 bits per heavy atom. The second kappa shape index (κ2) is 8.12. The third kappa shape index (κ3) is 6.89. The van der Waals surface area contributed by atoms with E-state index < -0.39 is 22.5 Å². The van der Waals surface area contributed by atoms with Gasteiger partial charge in [0.25, 0.3) is 0 Å². The highest BCUT2D eigenvalue weighted by atomic mass is 35.6. The Hall–Kier alpha value is -1.63. The molecule has 0 heterocycles. The van der Waals surface area contributed by atoms with Crippen LogP contribution in [0.4, 0.5) is 4.79 Å². The number of alkyl halides is 3. The van der Waals surface area contributed by atoms with Crippen LogP contribution in [0, 0.1) is 0 Å². The van der Waals surface area contributed by atoms with Crippen molar-refractivity contribution in [3.8, 4) is 11.5 Å². The number of rotatable bonds is 5. The van der Waals surface area contributed by atoms with E-state index in [0.717, 1.165) is 6.08 Å². The zero-order valence-electron chi connectivity index (χ0n) is 11.2. The number of carbonyl (C=O) groups excluding carboxylic acids is 1. The first-order valence-electron chi connectivity index (χ1n) is 5.71. The lowest BCUT2D eigenvalue weighted by atomic mass is 10.2. The molecule has 0 aliphatic heterocycles. The van der Waals surface area contributed by atoms with Gasteiger partial charge in [0, 0.05) is 6.08 Å². The van der Waals surface area contributed by atoms with Crippen molar-refractivity contribution in [3.05, 3.63) is 29.8 Å². The average molecular weight is 370 g/mol. The number of aliphatic carboxylic acids is 1. The smallest absolute Gasteiger partial charge is 0.493 e. The fourth-order valence-electron chi connectivity index (χ4n) is 1.30. The molecule has 0 radical (unpaired) electrons. The quantitative estimate of drug-likeness (QED) is 0.369. The molecule has 0 saturated heterocycles. The lowest BCUT2D eigenvalue weighted by molar-refractivity contribution is -0.131. The van der Waals surface area contributed by atoms with Gasteiger partial charge in [-0.15, -0.1) is 0 Å². The fourth-order valence-corrected chi connectivity index (χ4v) is 1.46. The first kappa shape index (κ1) is 18.4. The SMILES string of the molecule is COc1cc(/C=C/C(=O)O)ccc1OC(=O)OCC(Cl)(Cl)Cl. The average Bonchev–Trinajstić information content (AvgIpc) is 2.43. The second-order valence-corrected chi connectivity index (χ2v) is 6.35. The van der Waals surface area contributed by atoms with E-state index in [1.165, 1.54) is 31.4 Å². The van der Waals surface area contributed by atoms with Crippen molar-refractivity contribution >= 4 is 53.0 Å². The van der Waals surface area contributed by atoms with Crippen molar-refractivity contribution in [1.82, 2.24) is 0 Å². The summed E-state index contributed by atoms with van der Waals surface area (Å²) in [4.78, 5) is 21.9. The molecule has 0 atom stereocenters. The Bertz CT molecular complexity index is 580. The van der Waals surface area contributed by atoms with E-state index in [4.69, 9.17) is 49.4 Å². The molecule has 0 bridgehead atoms. The summed E-state index contributed by atoms with van der Waals surface area (Å²) in [6.45, 7) is -0.474. The lowest BCUT2D eigenvalue weighted by Crippen LogP contribution is -2.19. The van der Waals surface area contributed by atoms with Gasteiger partial charge in [-0.05, 0) is 23.8 Å². The standard InChI is InChI=1S/C13H11Cl3O6/c1-20-10-6-8(3-5-11(17)18)2-4-9(10)22-12(19)21-7-13(14,15)16/h2-6H,7H2,1H3,(H,17,18)/b5-3+. The highest BCUT2D eigenvalue weighted by Gasteiger charge is 2.23. The Balaban J connectivity index is 2.78. The van der Waals surface area contributed by atoms with Crippen molar-refractivity contribution in [2.45, 2.75) is 3.79 Å². The van der Waals surface area contributed by atoms with Crippen LogP contribution in [0.15, 0.2) is 24.3 Å². The second-order valence-electron chi connectivity index (χ2n) is 3.84. The summed E-state index contributed by atoms with van der Waals surface area (Å²) in [6, 6.07) is 4.42. The fraction of sp³-hybridized carbons (Fsp3) is 0.231. The number of carbonyl (C=O) groups is 2. The topological polar surface area (TPSA) is 82.1 Å². The summed E-state index contributed by atoms with van der Waals surface area (Å²) in [5, 5.41) is 8.56. The van der Waals surface area contributed by atoms with Crippen LogP contribution < -0.4 is 9.47 Å². The predicted molar refractivity (Wildman–Crippen MR) is 81.9 cm³/mol. The molecule has 0 aromatic heterocycles. The highest BCUT2D eigenvalue weighted by molar-refractivity contribution is 6.67. The maximum Gasteiger partial charge on any atom is 0.514 e. The summed E-state index contributed by atoms with van der Waals surface area (Å²) in [7, 11) is 1.36. The molecule has 0 fully saturated rings. The number of methoxy groups -OCH3 is 1. The van der Waals surface area contributed by atoms with Gasteiger partial charge in [-0.1, -0.05) is 40.9 Å². The summed E-state index contributed by atoms with van der Waals surface area (Å²) in [5.41, 5.74) is 0.543. The van der Waals surface area contributed by atoms with Gasteiger partial charge in [0.2, 0.25) is 3.79 Å². The minimum absolute atomic E-state index is 0.0734. The summed E-state index contributed by atoms with van der Waals surface area (Å²) in [6.07, 6.45) is 1.25. The Morgan fingerprint density at radius 3 is 2.50 bits per heavy atom. The minimum Gasteiger partial charge on any atom is -0.493 e. The van der Waals surface area contributed by atoms with Gasteiger partial charge >= 0.3 is 12.1 Å². The Kier molecular flexibility index (Phi) is 6.80. The van der Waals surface area contributed by atoms with E-state index in [-0.39, 0.29) is 11.5 Å². The number of carboxylic acids is 1. The molecule has 1 rings (SSSR count). The molecule has 1 N–H and O–H groups in total. The summed E-state index contributed by atoms with van der Waals surface area (Å²) >= 11 is 16.3. The van der Waals surface area contributed by atoms with Crippen LogP contribution in [0.25, 0.3) is 6.08 Å². The number of ether oxygens (including phenoxy) is 3. The normalized spacial score (nSPS) is 11.3. The monoisotopic (exact) mass is 368 g/mol. The molecule has 9 heteroatoms. The van der Waals surface area contributed by atoms with Crippen LogP contribution in [0.1, 0.15) is 5.56 Å². The predicted octanol–water partition coefficient (Wildman–Crippen LogP) is 3.68. The number of benzene rings is 1. The zero-order chi connectivity index (χ0) is 16.8. The van der Waals surface area contributed by atoms with Crippen LogP contribution in [-0.2, 0) is 9.53 Å². The Morgan fingerprint density at radius 2 is 1.95 bits per heavy atom. The molecule has 22 heavy (non-hydrogen) atoms. The molecule has 0 aliphatic carbocycles. The molecule has 1 aromatic rings. The molecule has 1 aromatic carbocycles. The van der Waals surface area contributed by atoms with Crippen LogP contribution in [0.5, 0.6) is 11.5 Å². The third-order valence-corrected chi connectivity index (χ3v) is 2.48. The molecular formula is C13H11Cl3O6. The van der Waals surface area contributed by atoms with Crippen LogP contribution in [0.2, 0.25) is 0 Å². The van der Waals surface area contributed by atoms with E-state index in [9.17, 15) is 9.59 Å². The highest BCUT2D eigenvalue weighted by Crippen LogP contribution is 2.30. The van der Waals surface area contributed by atoms with Gasteiger partial charge in [-0.3, -0.25) is 0 Å². The van der Waals surface area contributed by atoms with Gasteiger partial charge in [-0.25, -0.2) is 9.59 Å². The van der Waals surface area contributed by atoms with Crippen LogP contribution >= 0.6 is 34.8 Å². The summed E-state index contributed by atoms with van der Waals surface area (Å²) < 4.78 is 12.8. The first-order valence-corrected chi connectivity index (χ1v) is 6.85. The van der Waals surface area contributed by atoms with Gasteiger partial charge in [0.15, 0.2) is 11.5 Å². The van der Waals surface area contributed by atoms with Crippen molar-refractivity contribution in [3.63, 3.8) is 0 Å². The summed E-state index contributed by atoms with van der Waals surface area (Å²) in [5.74, 6) is -0.808. The number of hydrogen-bond donors (Lipinski definition) is 1. The van der Waals surface area contributed by atoms with E-state index in [1.54, 1.807) is 0 Å². The van der Waals surface area contributed by atoms with Gasteiger partial charge < -0.3 is 19.3 Å². The number of carboxylic acid groups (broad SMARTS) is 1. The lowest BCUT2D eigenvalue weighted by Gasteiger charge is -2.12. The van der Waals surface area contributed by atoms with Gasteiger partial charge in [-0.2, -0.15) is 0 Å². The molecule has 0 amide bonds. The van der Waals surface area contributed by atoms with E-state index in [1.807, 2.05) is 0 Å². The van der Waals surface area contributed by atoms with Crippen molar-refractivity contribution in [2.75, 3.05) is 13.7 Å². The zero-order valence-corrected chi connectivity index (χ0v) is 13.5. The molecule has 0 saturated carbocycles. The molecule has 0 aliphatic rings. The van der Waals surface area contributed by atoms with Crippen LogP contribution in [-0.4, -0.2) is 34.7 Å². The molecular weight excluding hydrogens is 358 g/mol. The van der Waals surface area contributed by atoms with Crippen molar-refractivity contribution in [1.29, 1.82) is 0 Å². The van der Waals surface area contributed by atoms with Crippen LogP contribution in [0.3, 0.4) is 0 Å². The minimum atomic E-state index is -1.74. The molecule has 0 unspecified atom stereocenters. The molecule has 120 valence electrons. The third-order valence-electron chi connectivity index (χ3n) is 2.15. The molecule has 0 spiro atoms. The van der Waals surface area contributed by atoms with Gasteiger partial charge in [0.05, 0.1) is 7.11 Å². The maximum atomic E-state index is 11.5. The number of hydrogen-bond acceptors (Lipinski definition) is 5. The number of halogens is 3. The maximum absolute atomic E-state index is 11.5. The largest absolute Gasteiger partial charge is 0.514 e. The molecule has 6 nitrogen and oxygen atoms in total. The van der Waals surface area contributed by atoms with E-state index >= 15 is 0 Å². The van der Waals surface area contributed by atoms with E-state index in [2.05, 4.69) is 4.74 Å². The van der Waals surface area contributed by atoms with Crippen molar-refractivity contribution in [2.24, 2.45) is 0 Å². The van der Waals surface area contributed by atoms with Crippen molar-refractivity contribution < 1.29 is 28.9 Å². The van der Waals surface area contributed by atoms with Gasteiger partial charge in [0.1, 0.15) is 6.61 Å². The first-order chi connectivity index (χ1) is 10.2. The van der Waals surface area contributed by atoms with E-state index in [0.29, 0.717) is 5.56 Å². The Labute approximate surface area is 141 Å².